The van der Waals surface area contributed by atoms with Crippen LogP contribution in [0.4, 0.5) is 0 Å². The van der Waals surface area contributed by atoms with E-state index < -0.39 is 5.91 Å². The summed E-state index contributed by atoms with van der Waals surface area (Å²) in [5.74, 6) is -0.505. The van der Waals surface area contributed by atoms with Crippen molar-refractivity contribution in [2.75, 3.05) is 13.1 Å². The quantitative estimate of drug-likeness (QED) is 0.834. The molecule has 2 rings (SSSR count). The van der Waals surface area contributed by atoms with Crippen molar-refractivity contribution >= 4 is 24.2 Å². The first-order chi connectivity index (χ1) is 10.1. The third-order valence-electron chi connectivity index (χ3n) is 3.98. The van der Waals surface area contributed by atoms with Crippen LogP contribution in [0.1, 0.15) is 37.8 Å². The van der Waals surface area contributed by atoms with Crippen LogP contribution in [0.2, 0.25) is 0 Å². The highest BCUT2D eigenvalue weighted by atomic mass is 35.5. The molecule has 1 heterocycles. The molecule has 1 saturated heterocycles. The Morgan fingerprint density at radius 1 is 1.36 bits per heavy atom. The average Bonchev–Trinajstić information content (AvgIpc) is 2.97. The molecule has 1 aromatic carbocycles. The largest absolute Gasteiger partial charge is 0.368 e. The summed E-state index contributed by atoms with van der Waals surface area (Å²) < 4.78 is 0. The molecule has 2 atom stereocenters. The molecule has 0 aromatic heterocycles. The monoisotopic (exact) mass is 325 g/mol. The van der Waals surface area contributed by atoms with Gasteiger partial charge in [0.15, 0.2) is 0 Å². The third-order valence-corrected chi connectivity index (χ3v) is 3.98. The second-order valence-corrected chi connectivity index (χ2v) is 5.57. The van der Waals surface area contributed by atoms with Crippen molar-refractivity contribution in [2.45, 2.75) is 38.3 Å². The minimum atomic E-state index is -0.481. The summed E-state index contributed by atoms with van der Waals surface area (Å²) in [6.45, 7) is 2.85. The molecule has 1 aliphatic heterocycles. The molecule has 0 radical (unpaired) electrons. The fourth-order valence-electron chi connectivity index (χ4n) is 2.78. The standard InChI is InChI=1S/C16H23N3O2.ClH/c1-12(13-6-3-2-4-7-13)19(11-15(17)20)16(21)10-14-8-5-9-18-14;/h2-4,6-7,12,14,18H,5,8-11H2,1H3,(H2,17,20);1H/t12-,14?;/m1./s1. The van der Waals surface area contributed by atoms with Crippen LogP contribution in [-0.2, 0) is 9.59 Å². The summed E-state index contributed by atoms with van der Waals surface area (Å²) in [5.41, 5.74) is 6.31. The maximum absolute atomic E-state index is 12.5. The molecule has 1 aromatic rings. The van der Waals surface area contributed by atoms with Gasteiger partial charge in [0, 0.05) is 12.5 Å². The number of nitrogens with zero attached hydrogens (tertiary/aromatic N) is 1. The molecule has 0 saturated carbocycles. The molecule has 0 aliphatic carbocycles. The predicted octanol–water partition coefficient (Wildman–Crippen LogP) is 1.63. The Morgan fingerprint density at radius 2 is 2.05 bits per heavy atom. The summed E-state index contributed by atoms with van der Waals surface area (Å²) in [5, 5.41) is 3.31. The lowest BCUT2D eigenvalue weighted by Crippen LogP contribution is -2.42. The van der Waals surface area contributed by atoms with Gasteiger partial charge in [-0.25, -0.2) is 0 Å². The predicted molar refractivity (Wildman–Crippen MR) is 88.7 cm³/mol. The summed E-state index contributed by atoms with van der Waals surface area (Å²) in [4.78, 5) is 25.4. The maximum atomic E-state index is 12.5. The molecule has 122 valence electrons. The molecule has 3 N–H and O–H groups in total. The van der Waals surface area contributed by atoms with E-state index >= 15 is 0 Å². The van der Waals surface area contributed by atoms with Crippen molar-refractivity contribution < 1.29 is 9.59 Å². The Hall–Kier alpha value is -1.59. The highest BCUT2D eigenvalue weighted by molar-refractivity contribution is 5.85. The molecule has 1 aliphatic rings. The first-order valence-corrected chi connectivity index (χ1v) is 7.44. The Balaban J connectivity index is 0.00000242. The first-order valence-electron chi connectivity index (χ1n) is 7.44. The van der Waals surface area contributed by atoms with Gasteiger partial charge in [-0.3, -0.25) is 9.59 Å². The molecule has 22 heavy (non-hydrogen) atoms. The van der Waals surface area contributed by atoms with Gasteiger partial charge in [0.1, 0.15) is 0 Å². The van der Waals surface area contributed by atoms with E-state index in [4.69, 9.17) is 5.73 Å². The van der Waals surface area contributed by atoms with Crippen molar-refractivity contribution in [3.8, 4) is 0 Å². The number of amides is 2. The molecule has 1 unspecified atom stereocenters. The van der Waals surface area contributed by atoms with E-state index in [2.05, 4.69) is 5.32 Å². The van der Waals surface area contributed by atoms with Crippen LogP contribution in [0.15, 0.2) is 30.3 Å². The average molecular weight is 326 g/mol. The molecule has 2 amide bonds. The summed E-state index contributed by atoms with van der Waals surface area (Å²) in [6, 6.07) is 9.76. The van der Waals surface area contributed by atoms with Crippen LogP contribution in [0.3, 0.4) is 0 Å². The molecule has 0 spiro atoms. The Morgan fingerprint density at radius 3 is 2.59 bits per heavy atom. The van der Waals surface area contributed by atoms with Gasteiger partial charge in [0.05, 0.1) is 12.6 Å². The lowest BCUT2D eigenvalue weighted by Gasteiger charge is -2.29. The Bertz CT molecular complexity index is 489. The molecular weight excluding hydrogens is 302 g/mol. The zero-order valence-electron chi connectivity index (χ0n) is 12.8. The van der Waals surface area contributed by atoms with Crippen molar-refractivity contribution in [1.29, 1.82) is 0 Å². The second-order valence-electron chi connectivity index (χ2n) is 5.57. The number of hydrogen-bond donors (Lipinski definition) is 2. The second kappa shape index (κ2) is 8.76. The molecular formula is C16H24ClN3O2. The van der Waals surface area contributed by atoms with E-state index in [9.17, 15) is 9.59 Å². The molecule has 6 heteroatoms. The summed E-state index contributed by atoms with van der Waals surface area (Å²) in [7, 11) is 0. The van der Waals surface area contributed by atoms with Crippen molar-refractivity contribution in [1.82, 2.24) is 10.2 Å². The van der Waals surface area contributed by atoms with Crippen LogP contribution in [0.25, 0.3) is 0 Å². The summed E-state index contributed by atoms with van der Waals surface area (Å²) >= 11 is 0. The topological polar surface area (TPSA) is 75.4 Å². The van der Waals surface area contributed by atoms with Gasteiger partial charge in [-0.05, 0) is 31.9 Å². The van der Waals surface area contributed by atoms with Gasteiger partial charge in [0.25, 0.3) is 0 Å². The van der Waals surface area contributed by atoms with Gasteiger partial charge in [-0.1, -0.05) is 30.3 Å². The molecule has 1 fully saturated rings. The number of rotatable bonds is 6. The highest BCUT2D eigenvalue weighted by Crippen LogP contribution is 2.21. The van der Waals surface area contributed by atoms with Crippen LogP contribution in [0.5, 0.6) is 0 Å². The number of carbonyl (C=O) groups excluding carboxylic acids is 2. The van der Waals surface area contributed by atoms with Crippen LogP contribution in [-0.4, -0.2) is 35.8 Å². The number of benzene rings is 1. The highest BCUT2D eigenvalue weighted by Gasteiger charge is 2.26. The van der Waals surface area contributed by atoms with E-state index in [-0.39, 0.29) is 36.9 Å². The minimum absolute atomic E-state index is 0. The Kier molecular flexibility index (Phi) is 7.35. The lowest BCUT2D eigenvalue weighted by molar-refractivity contribution is -0.137. The van der Waals surface area contributed by atoms with E-state index in [1.165, 1.54) is 0 Å². The van der Waals surface area contributed by atoms with Crippen LogP contribution in [0, 0.1) is 0 Å². The molecule has 0 bridgehead atoms. The fourth-order valence-corrected chi connectivity index (χ4v) is 2.78. The first kappa shape index (κ1) is 18.5. The van der Waals surface area contributed by atoms with Gasteiger partial charge >= 0.3 is 0 Å². The van der Waals surface area contributed by atoms with E-state index in [1.54, 1.807) is 4.90 Å². The SMILES string of the molecule is C[C@H](c1ccccc1)N(CC(N)=O)C(=O)CC1CCCN1.Cl. The zero-order valence-corrected chi connectivity index (χ0v) is 13.6. The molecule has 5 nitrogen and oxygen atoms in total. The van der Waals surface area contributed by atoms with Gasteiger partial charge in [-0.2, -0.15) is 0 Å². The maximum Gasteiger partial charge on any atom is 0.237 e. The lowest BCUT2D eigenvalue weighted by atomic mass is 10.0. The van der Waals surface area contributed by atoms with Crippen molar-refractivity contribution in [2.24, 2.45) is 5.73 Å². The van der Waals surface area contributed by atoms with Crippen molar-refractivity contribution in [3.63, 3.8) is 0 Å². The van der Waals surface area contributed by atoms with Gasteiger partial charge < -0.3 is 16.0 Å². The van der Waals surface area contributed by atoms with Crippen LogP contribution >= 0.6 is 12.4 Å². The number of nitrogens with two attached hydrogens (primary N) is 1. The smallest absolute Gasteiger partial charge is 0.237 e. The Labute approximate surface area is 137 Å². The van der Waals surface area contributed by atoms with Gasteiger partial charge in [-0.15, -0.1) is 12.4 Å². The van der Waals surface area contributed by atoms with Crippen LogP contribution < -0.4 is 11.1 Å². The number of hydrogen-bond acceptors (Lipinski definition) is 3. The van der Waals surface area contributed by atoms with E-state index in [0.717, 1.165) is 24.9 Å². The number of primary amides is 1. The van der Waals surface area contributed by atoms with E-state index in [1.807, 2.05) is 37.3 Å². The fraction of sp³-hybridized carbons (Fsp3) is 0.500. The normalized spacial score (nSPS) is 18.3. The third kappa shape index (κ3) is 5.00. The van der Waals surface area contributed by atoms with E-state index in [0.29, 0.717) is 6.42 Å². The minimum Gasteiger partial charge on any atom is -0.368 e. The van der Waals surface area contributed by atoms with Crippen molar-refractivity contribution in [3.05, 3.63) is 35.9 Å². The number of nitrogens with one attached hydrogen (secondary N) is 1. The summed E-state index contributed by atoms with van der Waals surface area (Å²) in [6.07, 6.45) is 2.53. The zero-order chi connectivity index (χ0) is 15.2. The number of carbonyl (C=O) groups is 2. The van der Waals surface area contributed by atoms with Gasteiger partial charge in [0.2, 0.25) is 11.8 Å². The number of halogens is 1.